The number of ether oxygens (including phenoxy) is 1. The smallest absolute Gasteiger partial charge is 0.311 e. The normalized spacial score (nSPS) is 11.2. The molecule has 0 aliphatic heterocycles. The van der Waals surface area contributed by atoms with Crippen molar-refractivity contribution in [1.29, 1.82) is 0 Å². The molecule has 5 aromatic rings. The van der Waals surface area contributed by atoms with E-state index in [0.717, 1.165) is 5.56 Å². The Kier molecular flexibility index (Phi) is 4.03. The number of thiophene rings is 1. The summed E-state index contributed by atoms with van der Waals surface area (Å²) in [5.74, 6) is 0.528. The molecule has 0 aliphatic rings. The van der Waals surface area contributed by atoms with Crippen LogP contribution in [0.25, 0.3) is 43.8 Å². The zero-order valence-corrected chi connectivity index (χ0v) is 16.1. The van der Waals surface area contributed by atoms with Crippen LogP contribution in [0.5, 0.6) is 5.75 Å². The van der Waals surface area contributed by atoms with Crippen LogP contribution in [-0.4, -0.2) is 17.0 Å². The van der Waals surface area contributed by atoms with Crippen molar-refractivity contribution in [2.24, 2.45) is 0 Å². The number of benzene rings is 3. The maximum Gasteiger partial charge on any atom is 0.311 e. The van der Waals surface area contributed by atoms with E-state index in [1.165, 1.54) is 28.8 Å². The molecule has 0 atom stereocenters. The molecule has 29 heavy (non-hydrogen) atoms. The lowest BCUT2D eigenvalue weighted by atomic mass is 10.1. The molecular weight excluding hydrogens is 388 g/mol. The molecule has 0 saturated heterocycles. The quantitative estimate of drug-likeness (QED) is 0.261. The van der Waals surface area contributed by atoms with Gasteiger partial charge in [-0.25, -0.2) is 4.98 Å². The molecule has 0 spiro atoms. The largest absolute Gasteiger partial charge is 0.490 e. The minimum atomic E-state index is -0.481. The van der Waals surface area contributed by atoms with E-state index in [1.54, 1.807) is 23.5 Å². The molecule has 0 unspecified atom stereocenters. The second-order valence-electron chi connectivity index (χ2n) is 6.50. The maximum absolute atomic E-state index is 11.3. The van der Waals surface area contributed by atoms with Gasteiger partial charge in [0.2, 0.25) is 5.89 Å². The number of nitro benzene ring substituents is 1. The van der Waals surface area contributed by atoms with E-state index in [2.05, 4.69) is 22.5 Å². The third-order valence-electron chi connectivity index (χ3n) is 4.78. The lowest BCUT2D eigenvalue weighted by molar-refractivity contribution is -0.385. The first-order valence-electron chi connectivity index (χ1n) is 8.84. The summed E-state index contributed by atoms with van der Waals surface area (Å²) in [7, 11) is 1.40. The second kappa shape index (κ2) is 6.72. The van der Waals surface area contributed by atoms with Crippen LogP contribution < -0.4 is 4.74 Å². The third kappa shape index (κ3) is 2.92. The molecule has 0 N–H and O–H groups in total. The van der Waals surface area contributed by atoms with Gasteiger partial charge in [0.1, 0.15) is 5.52 Å². The average Bonchev–Trinajstić information content (AvgIpc) is 3.36. The predicted molar refractivity (Wildman–Crippen MR) is 113 cm³/mol. The fraction of sp³-hybridized carbons (Fsp3) is 0.0455. The first-order valence-corrected chi connectivity index (χ1v) is 9.72. The van der Waals surface area contributed by atoms with E-state index < -0.39 is 4.92 Å². The highest BCUT2D eigenvalue weighted by Crippen LogP contribution is 2.37. The molecule has 7 heteroatoms. The zero-order chi connectivity index (χ0) is 20.0. The SMILES string of the molecule is COc1ccc(-c2nc3cc(-c4scc5ccccc45)ccc3o2)cc1[N+](=O)[O-]. The summed E-state index contributed by atoms with van der Waals surface area (Å²) in [4.78, 5) is 16.6. The number of aromatic nitrogens is 1. The average molecular weight is 402 g/mol. The van der Waals surface area contributed by atoms with Crippen LogP contribution in [0.3, 0.4) is 0 Å². The van der Waals surface area contributed by atoms with E-state index in [1.807, 2.05) is 30.3 Å². The van der Waals surface area contributed by atoms with Gasteiger partial charge < -0.3 is 9.15 Å². The van der Waals surface area contributed by atoms with E-state index in [0.29, 0.717) is 22.6 Å². The molecule has 0 fully saturated rings. The van der Waals surface area contributed by atoms with Crippen LogP contribution in [0.2, 0.25) is 0 Å². The molecule has 6 nitrogen and oxygen atoms in total. The Morgan fingerprint density at radius 2 is 1.90 bits per heavy atom. The Balaban J connectivity index is 1.60. The molecule has 2 aromatic heterocycles. The Bertz CT molecular complexity index is 1390. The van der Waals surface area contributed by atoms with E-state index in [9.17, 15) is 10.1 Å². The highest BCUT2D eigenvalue weighted by atomic mass is 32.1. The molecule has 0 radical (unpaired) electrons. The topological polar surface area (TPSA) is 78.4 Å². The minimum absolute atomic E-state index is 0.127. The lowest BCUT2D eigenvalue weighted by Gasteiger charge is -2.02. The fourth-order valence-corrected chi connectivity index (χ4v) is 4.40. The number of fused-ring (bicyclic) bond motifs is 2. The zero-order valence-electron chi connectivity index (χ0n) is 15.3. The van der Waals surface area contributed by atoms with E-state index in [4.69, 9.17) is 9.15 Å². The number of nitrogens with zero attached hydrogens (tertiary/aromatic N) is 2. The summed E-state index contributed by atoms with van der Waals surface area (Å²) in [5, 5.41) is 15.8. The second-order valence-corrected chi connectivity index (χ2v) is 7.38. The summed E-state index contributed by atoms with van der Waals surface area (Å²) >= 11 is 1.69. The molecular formula is C22H14N2O4S. The Morgan fingerprint density at radius 1 is 1.07 bits per heavy atom. The molecule has 0 bridgehead atoms. The first kappa shape index (κ1) is 17.4. The van der Waals surface area contributed by atoms with Gasteiger partial charge >= 0.3 is 5.69 Å². The minimum Gasteiger partial charge on any atom is -0.490 e. The van der Waals surface area contributed by atoms with Crippen molar-refractivity contribution in [3.8, 4) is 27.6 Å². The van der Waals surface area contributed by atoms with Crippen molar-refractivity contribution < 1.29 is 14.1 Å². The van der Waals surface area contributed by atoms with Gasteiger partial charge in [-0.2, -0.15) is 0 Å². The summed E-state index contributed by atoms with van der Waals surface area (Å²) in [6, 6.07) is 18.8. The first-order chi connectivity index (χ1) is 14.1. The van der Waals surface area contributed by atoms with E-state index >= 15 is 0 Å². The molecule has 0 saturated carbocycles. The Hall–Kier alpha value is -3.71. The molecule has 2 heterocycles. The van der Waals surface area contributed by atoms with Gasteiger partial charge in [-0.3, -0.25) is 10.1 Å². The van der Waals surface area contributed by atoms with Crippen LogP contribution in [0.4, 0.5) is 5.69 Å². The van der Waals surface area contributed by atoms with Crippen molar-refractivity contribution >= 4 is 38.9 Å². The van der Waals surface area contributed by atoms with Gasteiger partial charge in [-0.15, -0.1) is 11.3 Å². The van der Waals surface area contributed by atoms with Gasteiger partial charge in [0.15, 0.2) is 11.3 Å². The number of methoxy groups -OCH3 is 1. The van der Waals surface area contributed by atoms with Gasteiger partial charge in [0.05, 0.1) is 12.0 Å². The van der Waals surface area contributed by atoms with Gasteiger partial charge in [-0.1, -0.05) is 24.3 Å². The Labute approximate surface area is 169 Å². The van der Waals surface area contributed by atoms with Crippen LogP contribution in [0.1, 0.15) is 0 Å². The molecule has 0 amide bonds. The van der Waals surface area contributed by atoms with Gasteiger partial charge in [0.25, 0.3) is 0 Å². The summed E-state index contributed by atoms with van der Waals surface area (Å²) < 4.78 is 10.9. The summed E-state index contributed by atoms with van der Waals surface area (Å²) in [6.07, 6.45) is 0. The number of hydrogen-bond acceptors (Lipinski definition) is 6. The van der Waals surface area contributed by atoms with Crippen LogP contribution in [-0.2, 0) is 0 Å². The van der Waals surface area contributed by atoms with Crippen molar-refractivity contribution in [2.45, 2.75) is 0 Å². The number of nitro groups is 1. The van der Waals surface area contributed by atoms with Crippen LogP contribution >= 0.6 is 11.3 Å². The van der Waals surface area contributed by atoms with Crippen LogP contribution in [0, 0.1) is 10.1 Å². The van der Waals surface area contributed by atoms with Crippen molar-refractivity contribution in [3.05, 3.63) is 76.2 Å². The maximum atomic E-state index is 11.3. The van der Waals surface area contributed by atoms with Crippen molar-refractivity contribution in [1.82, 2.24) is 4.98 Å². The van der Waals surface area contributed by atoms with Gasteiger partial charge in [-0.05, 0) is 46.7 Å². The third-order valence-corrected chi connectivity index (χ3v) is 5.84. The lowest BCUT2D eigenvalue weighted by Crippen LogP contribution is -1.94. The van der Waals surface area contributed by atoms with Gasteiger partial charge in [0, 0.05) is 21.9 Å². The van der Waals surface area contributed by atoms with Crippen molar-refractivity contribution in [3.63, 3.8) is 0 Å². The Morgan fingerprint density at radius 3 is 2.72 bits per heavy atom. The number of hydrogen-bond donors (Lipinski definition) is 0. The molecule has 5 rings (SSSR count). The fourth-order valence-electron chi connectivity index (χ4n) is 3.37. The van der Waals surface area contributed by atoms with E-state index in [-0.39, 0.29) is 11.4 Å². The number of oxazole rings is 1. The predicted octanol–water partition coefficient (Wildman–Crippen LogP) is 6.29. The van der Waals surface area contributed by atoms with Crippen molar-refractivity contribution in [2.75, 3.05) is 7.11 Å². The standard InChI is InChI=1S/C22H14N2O4S/c1-27-20-9-7-14(11-18(20)24(25)26)22-23-17-10-13(6-8-19(17)28-22)21-16-5-3-2-4-15(16)12-29-21/h2-12H,1H3. The highest BCUT2D eigenvalue weighted by molar-refractivity contribution is 7.15. The van der Waals surface area contributed by atoms with Crippen LogP contribution in [0.15, 0.2) is 70.5 Å². The molecule has 142 valence electrons. The summed E-state index contributed by atoms with van der Waals surface area (Å²) in [5.41, 5.74) is 2.79. The molecule has 0 aliphatic carbocycles. The highest BCUT2D eigenvalue weighted by Gasteiger charge is 2.18. The monoisotopic (exact) mass is 402 g/mol. The molecule has 3 aromatic carbocycles. The number of rotatable bonds is 4. The summed E-state index contributed by atoms with van der Waals surface area (Å²) in [6.45, 7) is 0.